The van der Waals surface area contributed by atoms with Crippen molar-refractivity contribution >= 4 is 0 Å². The number of pyridine rings is 1. The number of nitrogens with zero attached hydrogens (tertiary/aromatic N) is 1. The molecule has 0 radical (unpaired) electrons. The predicted octanol–water partition coefficient (Wildman–Crippen LogP) is 10.0. The predicted molar refractivity (Wildman–Crippen MR) is 152 cm³/mol. The second kappa shape index (κ2) is 16.9. The first-order valence-electron chi connectivity index (χ1n) is 15.0. The topological polar surface area (TPSA) is 31.4 Å². The summed E-state index contributed by atoms with van der Waals surface area (Å²) in [4.78, 5) is 4.86. The lowest BCUT2D eigenvalue weighted by Crippen LogP contribution is -2.27. The number of rotatable bonds is 17. The SMILES string of the molecule is CCCCCCCCCCC1COC(c2ccc(-c3ccccc3C(CCC)CCCC)nc2)OC1. The lowest BCUT2D eigenvalue weighted by molar-refractivity contribution is -0.206. The number of ether oxygens (including phenoxy) is 2. The molecule has 0 N–H and O–H groups in total. The standard InChI is InChI=1S/C33H51NO2/c1-4-7-9-10-11-12-13-14-18-27-25-35-33(36-26-27)29-22-23-32(34-24-29)31-21-16-15-20-30(31)28(17-6-3)19-8-5-2/h15-16,20-24,27-28,33H,4-14,17-19,25-26H2,1-3H3. The van der Waals surface area contributed by atoms with Gasteiger partial charge in [-0.1, -0.05) is 122 Å². The van der Waals surface area contributed by atoms with E-state index in [4.69, 9.17) is 14.5 Å². The van der Waals surface area contributed by atoms with E-state index >= 15 is 0 Å². The maximum absolute atomic E-state index is 6.12. The van der Waals surface area contributed by atoms with Crippen molar-refractivity contribution in [3.05, 3.63) is 53.7 Å². The van der Waals surface area contributed by atoms with Crippen molar-refractivity contribution in [3.8, 4) is 11.3 Å². The van der Waals surface area contributed by atoms with Gasteiger partial charge in [-0.3, -0.25) is 4.98 Å². The highest BCUT2D eigenvalue weighted by Crippen LogP contribution is 2.35. The molecule has 1 saturated heterocycles. The number of hydrogen-bond acceptors (Lipinski definition) is 3. The maximum atomic E-state index is 6.12. The van der Waals surface area contributed by atoms with E-state index in [0.717, 1.165) is 24.5 Å². The van der Waals surface area contributed by atoms with Gasteiger partial charge in [-0.2, -0.15) is 0 Å². The zero-order chi connectivity index (χ0) is 25.4. The molecular formula is C33H51NO2. The zero-order valence-electron chi connectivity index (χ0n) is 23.4. The van der Waals surface area contributed by atoms with Gasteiger partial charge < -0.3 is 9.47 Å². The number of benzene rings is 1. The molecule has 200 valence electrons. The molecule has 1 fully saturated rings. The van der Waals surface area contributed by atoms with Gasteiger partial charge in [-0.25, -0.2) is 0 Å². The summed E-state index contributed by atoms with van der Waals surface area (Å²) < 4.78 is 12.2. The summed E-state index contributed by atoms with van der Waals surface area (Å²) in [6.07, 6.45) is 20.1. The van der Waals surface area contributed by atoms with Gasteiger partial charge in [-0.15, -0.1) is 0 Å². The van der Waals surface area contributed by atoms with Crippen LogP contribution in [-0.4, -0.2) is 18.2 Å². The summed E-state index contributed by atoms with van der Waals surface area (Å²) in [5.41, 5.74) is 4.80. The Bertz CT molecular complexity index is 826. The Hall–Kier alpha value is -1.71. The molecule has 0 bridgehead atoms. The number of unbranched alkanes of at least 4 members (excludes halogenated alkanes) is 8. The second-order valence-electron chi connectivity index (χ2n) is 10.8. The van der Waals surface area contributed by atoms with Gasteiger partial charge in [0.1, 0.15) is 0 Å². The van der Waals surface area contributed by atoms with Crippen LogP contribution in [0.4, 0.5) is 0 Å². The summed E-state index contributed by atoms with van der Waals surface area (Å²) in [6.45, 7) is 8.44. The molecule has 1 aliphatic rings. The number of aromatic nitrogens is 1. The lowest BCUT2D eigenvalue weighted by Gasteiger charge is -2.29. The molecule has 1 aliphatic heterocycles. The van der Waals surface area contributed by atoms with Crippen LogP contribution in [0.1, 0.15) is 134 Å². The van der Waals surface area contributed by atoms with Gasteiger partial charge in [-0.05, 0) is 36.8 Å². The number of hydrogen-bond donors (Lipinski definition) is 0. The summed E-state index contributed by atoms with van der Waals surface area (Å²) >= 11 is 0. The van der Waals surface area contributed by atoms with Crippen LogP contribution in [0.2, 0.25) is 0 Å². The highest BCUT2D eigenvalue weighted by Gasteiger charge is 2.24. The van der Waals surface area contributed by atoms with Crippen LogP contribution in [0.15, 0.2) is 42.6 Å². The molecule has 2 heterocycles. The van der Waals surface area contributed by atoms with E-state index in [2.05, 4.69) is 57.2 Å². The third-order valence-corrected chi connectivity index (χ3v) is 7.71. The molecule has 1 aromatic heterocycles. The van der Waals surface area contributed by atoms with Gasteiger partial charge >= 0.3 is 0 Å². The van der Waals surface area contributed by atoms with Crippen molar-refractivity contribution in [2.75, 3.05) is 13.2 Å². The first kappa shape index (κ1) is 28.9. The summed E-state index contributed by atoms with van der Waals surface area (Å²) in [7, 11) is 0. The zero-order valence-corrected chi connectivity index (χ0v) is 23.4. The molecule has 2 aromatic rings. The van der Waals surface area contributed by atoms with Crippen LogP contribution in [0.25, 0.3) is 11.3 Å². The molecule has 1 atom stereocenters. The van der Waals surface area contributed by atoms with E-state index in [0.29, 0.717) is 11.8 Å². The van der Waals surface area contributed by atoms with Crippen LogP contribution in [0, 0.1) is 5.92 Å². The second-order valence-corrected chi connectivity index (χ2v) is 10.8. The van der Waals surface area contributed by atoms with Crippen LogP contribution in [-0.2, 0) is 9.47 Å². The average molecular weight is 494 g/mol. The minimum atomic E-state index is -0.283. The molecule has 0 aliphatic carbocycles. The van der Waals surface area contributed by atoms with Crippen LogP contribution >= 0.6 is 0 Å². The third-order valence-electron chi connectivity index (χ3n) is 7.71. The first-order valence-corrected chi connectivity index (χ1v) is 15.0. The van der Waals surface area contributed by atoms with Crippen molar-refractivity contribution < 1.29 is 9.47 Å². The summed E-state index contributed by atoms with van der Waals surface area (Å²) in [5, 5.41) is 0. The Morgan fingerprint density at radius 3 is 2.11 bits per heavy atom. The van der Waals surface area contributed by atoms with E-state index in [1.165, 1.54) is 101 Å². The van der Waals surface area contributed by atoms with E-state index in [1.54, 1.807) is 0 Å². The molecule has 3 rings (SSSR count). The smallest absolute Gasteiger partial charge is 0.185 e. The fourth-order valence-corrected chi connectivity index (χ4v) is 5.51. The molecule has 0 saturated carbocycles. The highest BCUT2D eigenvalue weighted by atomic mass is 16.7. The quantitative estimate of drug-likeness (QED) is 0.205. The highest BCUT2D eigenvalue weighted by molar-refractivity contribution is 5.64. The molecule has 1 aromatic carbocycles. The Kier molecular flexibility index (Phi) is 13.6. The van der Waals surface area contributed by atoms with Crippen molar-refractivity contribution in [2.45, 2.75) is 123 Å². The Balaban J connectivity index is 1.48. The third kappa shape index (κ3) is 9.30. The fourth-order valence-electron chi connectivity index (χ4n) is 5.51. The molecule has 36 heavy (non-hydrogen) atoms. The fraction of sp³-hybridized carbons (Fsp3) is 0.667. The lowest BCUT2D eigenvalue weighted by atomic mass is 9.86. The maximum Gasteiger partial charge on any atom is 0.185 e. The normalized spacial score (nSPS) is 18.9. The van der Waals surface area contributed by atoms with Gasteiger partial charge in [0.2, 0.25) is 0 Å². The van der Waals surface area contributed by atoms with Gasteiger partial charge in [0, 0.05) is 23.2 Å². The van der Waals surface area contributed by atoms with Gasteiger partial charge in [0.15, 0.2) is 6.29 Å². The van der Waals surface area contributed by atoms with Crippen LogP contribution in [0.5, 0.6) is 0 Å². The van der Waals surface area contributed by atoms with Gasteiger partial charge in [0.25, 0.3) is 0 Å². The van der Waals surface area contributed by atoms with Crippen molar-refractivity contribution in [2.24, 2.45) is 5.92 Å². The van der Waals surface area contributed by atoms with E-state index in [9.17, 15) is 0 Å². The van der Waals surface area contributed by atoms with Crippen molar-refractivity contribution in [1.29, 1.82) is 0 Å². The van der Waals surface area contributed by atoms with E-state index < -0.39 is 0 Å². The van der Waals surface area contributed by atoms with E-state index in [-0.39, 0.29) is 6.29 Å². The Morgan fingerprint density at radius 2 is 1.44 bits per heavy atom. The monoisotopic (exact) mass is 493 g/mol. The average Bonchev–Trinajstić information content (AvgIpc) is 2.93. The Morgan fingerprint density at radius 1 is 0.750 bits per heavy atom. The molecular weight excluding hydrogens is 442 g/mol. The largest absolute Gasteiger partial charge is 0.348 e. The molecule has 1 unspecified atom stereocenters. The van der Waals surface area contributed by atoms with Crippen molar-refractivity contribution in [1.82, 2.24) is 4.98 Å². The summed E-state index contributed by atoms with van der Waals surface area (Å²) in [5.74, 6) is 1.13. The first-order chi connectivity index (χ1) is 17.8. The molecule has 0 amide bonds. The van der Waals surface area contributed by atoms with E-state index in [1.807, 2.05) is 6.20 Å². The minimum Gasteiger partial charge on any atom is -0.348 e. The Labute approximate surface area is 221 Å². The van der Waals surface area contributed by atoms with Gasteiger partial charge in [0.05, 0.1) is 18.9 Å². The van der Waals surface area contributed by atoms with Crippen LogP contribution in [0.3, 0.4) is 0 Å². The molecule has 3 heteroatoms. The van der Waals surface area contributed by atoms with Crippen molar-refractivity contribution in [3.63, 3.8) is 0 Å². The molecule has 3 nitrogen and oxygen atoms in total. The minimum absolute atomic E-state index is 0.283. The molecule has 0 spiro atoms. The van der Waals surface area contributed by atoms with Crippen LogP contribution < -0.4 is 0 Å². The summed E-state index contributed by atoms with van der Waals surface area (Å²) in [6, 6.07) is 13.1.